The Morgan fingerprint density at radius 1 is 0.368 bits per heavy atom. The molecule has 0 atom stereocenters. The molecule has 6 heteroatoms. The molecule has 0 aliphatic rings. The fourth-order valence-corrected chi connectivity index (χ4v) is 8.96. The van der Waals surface area contributed by atoms with Crippen LogP contribution in [0.5, 0.6) is 0 Å². The van der Waals surface area contributed by atoms with Gasteiger partial charge < -0.3 is 9.32 Å². The van der Waals surface area contributed by atoms with Crippen molar-refractivity contribution in [2.75, 3.05) is 4.90 Å². The molecule has 11 aromatic rings. The minimum absolute atomic E-state index is 0.579. The standard InChI is InChI=1S/C51H32N4OS/c1-4-14-34(15-5-1)49-52-50(35-16-6-2-7-17-35)54-51(53-49)36-30-43(48-42-21-10-12-22-44(42)56-45(48)31-36)33-24-26-38(27-25-33)55(37-18-8-3-9-19-37)39-28-29-41-40-20-11-13-23-46(40)57-47(41)32-39/h1-32H. The third kappa shape index (κ3) is 5.91. The van der Waals surface area contributed by atoms with E-state index in [2.05, 4.69) is 126 Å². The van der Waals surface area contributed by atoms with Crippen LogP contribution in [0, 0.1) is 0 Å². The topological polar surface area (TPSA) is 55.1 Å². The molecule has 0 N–H and O–H groups in total. The number of nitrogens with zero attached hydrogens (tertiary/aromatic N) is 4. The van der Waals surface area contributed by atoms with Gasteiger partial charge in [0.1, 0.15) is 11.2 Å². The van der Waals surface area contributed by atoms with Crippen LogP contribution >= 0.6 is 11.3 Å². The summed E-state index contributed by atoms with van der Waals surface area (Å²) in [7, 11) is 0. The third-order valence-corrected chi connectivity index (χ3v) is 11.6. The van der Waals surface area contributed by atoms with Crippen LogP contribution in [0.1, 0.15) is 0 Å². The van der Waals surface area contributed by atoms with Crippen LogP contribution in [0.15, 0.2) is 199 Å². The van der Waals surface area contributed by atoms with Gasteiger partial charge in [0, 0.05) is 64.7 Å². The molecule has 57 heavy (non-hydrogen) atoms. The number of furan rings is 1. The Morgan fingerprint density at radius 2 is 0.912 bits per heavy atom. The van der Waals surface area contributed by atoms with Crippen LogP contribution in [0.3, 0.4) is 0 Å². The second-order valence-electron chi connectivity index (χ2n) is 14.0. The molecule has 0 aliphatic carbocycles. The van der Waals surface area contributed by atoms with E-state index in [0.717, 1.165) is 66.8 Å². The number of aromatic nitrogens is 3. The Labute approximate surface area is 332 Å². The van der Waals surface area contributed by atoms with Crippen molar-refractivity contribution in [1.82, 2.24) is 15.0 Å². The van der Waals surface area contributed by atoms with Crippen molar-refractivity contribution in [1.29, 1.82) is 0 Å². The van der Waals surface area contributed by atoms with E-state index in [1.165, 1.54) is 20.2 Å². The molecule has 5 nitrogen and oxygen atoms in total. The highest BCUT2D eigenvalue weighted by atomic mass is 32.1. The fraction of sp³-hybridized carbons (Fsp3) is 0. The first kappa shape index (κ1) is 33.0. The monoisotopic (exact) mass is 748 g/mol. The maximum atomic E-state index is 6.56. The first-order valence-corrected chi connectivity index (χ1v) is 19.7. The van der Waals surface area contributed by atoms with Crippen molar-refractivity contribution in [3.8, 4) is 45.3 Å². The molecule has 3 heterocycles. The lowest BCUT2D eigenvalue weighted by atomic mass is 9.96. The number of anilines is 3. The van der Waals surface area contributed by atoms with Gasteiger partial charge in [-0.05, 0) is 71.8 Å². The molecule has 0 amide bonds. The second kappa shape index (κ2) is 13.7. The molecule has 0 bridgehead atoms. The van der Waals surface area contributed by atoms with Gasteiger partial charge >= 0.3 is 0 Å². The average molecular weight is 749 g/mol. The van der Waals surface area contributed by atoms with Crippen molar-refractivity contribution in [2.24, 2.45) is 0 Å². The Kier molecular flexibility index (Phi) is 7.93. The summed E-state index contributed by atoms with van der Waals surface area (Å²) in [5, 5.41) is 4.69. The summed E-state index contributed by atoms with van der Waals surface area (Å²) in [6.07, 6.45) is 0. The van der Waals surface area contributed by atoms with Crippen LogP contribution in [0.25, 0.3) is 87.4 Å². The summed E-state index contributed by atoms with van der Waals surface area (Å²) in [5.41, 5.74) is 9.67. The van der Waals surface area contributed by atoms with E-state index < -0.39 is 0 Å². The molecule has 0 fully saturated rings. The lowest BCUT2D eigenvalue weighted by Gasteiger charge is -2.25. The highest BCUT2D eigenvalue weighted by Gasteiger charge is 2.20. The van der Waals surface area contributed by atoms with E-state index in [1.807, 2.05) is 84.1 Å². The Hall–Kier alpha value is -7.41. The Balaban J connectivity index is 1.07. The lowest BCUT2D eigenvalue weighted by molar-refractivity contribution is 0.669. The van der Waals surface area contributed by atoms with Gasteiger partial charge in [0.05, 0.1) is 0 Å². The number of benzene rings is 8. The highest BCUT2D eigenvalue weighted by molar-refractivity contribution is 7.25. The quantitative estimate of drug-likeness (QED) is 0.162. The molecule has 0 saturated heterocycles. The van der Waals surface area contributed by atoms with E-state index in [1.54, 1.807) is 0 Å². The predicted molar refractivity (Wildman–Crippen MR) is 236 cm³/mol. The van der Waals surface area contributed by atoms with E-state index in [9.17, 15) is 0 Å². The van der Waals surface area contributed by atoms with E-state index in [-0.39, 0.29) is 0 Å². The zero-order valence-corrected chi connectivity index (χ0v) is 31.4. The van der Waals surface area contributed by atoms with Crippen LogP contribution in [0.2, 0.25) is 0 Å². The van der Waals surface area contributed by atoms with Gasteiger partial charge in [0.25, 0.3) is 0 Å². The van der Waals surface area contributed by atoms with Gasteiger partial charge in [-0.15, -0.1) is 11.3 Å². The number of fused-ring (bicyclic) bond motifs is 6. The Morgan fingerprint density at radius 3 is 1.61 bits per heavy atom. The summed E-state index contributed by atoms with van der Waals surface area (Å²) >= 11 is 1.83. The van der Waals surface area contributed by atoms with Crippen LogP contribution in [-0.4, -0.2) is 15.0 Å². The summed E-state index contributed by atoms with van der Waals surface area (Å²) in [4.78, 5) is 17.4. The molecular weight excluding hydrogens is 717 g/mol. The van der Waals surface area contributed by atoms with E-state index >= 15 is 0 Å². The van der Waals surface area contributed by atoms with Gasteiger partial charge in [0.2, 0.25) is 0 Å². The summed E-state index contributed by atoms with van der Waals surface area (Å²) in [6, 6.07) is 67.5. The molecule has 8 aromatic carbocycles. The van der Waals surface area contributed by atoms with Crippen LogP contribution in [0.4, 0.5) is 17.1 Å². The maximum absolute atomic E-state index is 6.56. The van der Waals surface area contributed by atoms with Crippen LogP contribution in [-0.2, 0) is 0 Å². The van der Waals surface area contributed by atoms with Crippen molar-refractivity contribution >= 4 is 70.5 Å². The number of para-hydroxylation sites is 2. The molecule has 3 aromatic heterocycles. The smallest absolute Gasteiger partial charge is 0.164 e. The molecule has 0 unspecified atom stereocenters. The predicted octanol–water partition coefficient (Wildman–Crippen LogP) is 14.3. The summed E-state index contributed by atoms with van der Waals surface area (Å²) in [6.45, 7) is 0. The molecule has 0 spiro atoms. The van der Waals surface area contributed by atoms with Crippen molar-refractivity contribution in [3.05, 3.63) is 194 Å². The molecular formula is C51H32N4OS. The second-order valence-corrected chi connectivity index (χ2v) is 15.1. The summed E-state index contributed by atoms with van der Waals surface area (Å²) < 4.78 is 9.12. The van der Waals surface area contributed by atoms with E-state index in [4.69, 9.17) is 19.4 Å². The summed E-state index contributed by atoms with van der Waals surface area (Å²) in [5.74, 6) is 1.81. The van der Waals surface area contributed by atoms with Gasteiger partial charge in [-0.25, -0.2) is 15.0 Å². The molecule has 0 saturated carbocycles. The zero-order valence-electron chi connectivity index (χ0n) is 30.6. The average Bonchev–Trinajstić information content (AvgIpc) is 3.85. The minimum atomic E-state index is 0.579. The van der Waals surface area contributed by atoms with Crippen molar-refractivity contribution < 1.29 is 4.42 Å². The molecule has 268 valence electrons. The normalized spacial score (nSPS) is 11.5. The number of hydrogen-bond acceptors (Lipinski definition) is 6. The number of thiophene rings is 1. The molecule has 0 aliphatic heterocycles. The van der Waals surface area contributed by atoms with Gasteiger partial charge in [-0.3, -0.25) is 0 Å². The highest BCUT2D eigenvalue weighted by Crippen LogP contribution is 2.43. The zero-order chi connectivity index (χ0) is 37.7. The van der Waals surface area contributed by atoms with Gasteiger partial charge in [-0.1, -0.05) is 133 Å². The molecule has 0 radical (unpaired) electrons. The largest absolute Gasteiger partial charge is 0.456 e. The first-order valence-electron chi connectivity index (χ1n) is 18.9. The van der Waals surface area contributed by atoms with Crippen LogP contribution < -0.4 is 4.90 Å². The van der Waals surface area contributed by atoms with Gasteiger partial charge in [-0.2, -0.15) is 0 Å². The molecule has 11 rings (SSSR count). The SMILES string of the molecule is c1ccc(-c2nc(-c3ccccc3)nc(-c3cc(-c4ccc(N(c5ccccc5)c5ccc6c(c5)sc5ccccc56)cc4)c4c(c3)oc3ccccc34)n2)cc1. The minimum Gasteiger partial charge on any atom is -0.456 e. The van der Waals surface area contributed by atoms with E-state index in [0.29, 0.717) is 17.5 Å². The fourth-order valence-electron chi connectivity index (χ4n) is 7.82. The number of rotatable bonds is 7. The number of hydrogen-bond donors (Lipinski definition) is 0. The first-order chi connectivity index (χ1) is 28.2. The Bertz CT molecular complexity index is 3170. The van der Waals surface area contributed by atoms with Gasteiger partial charge in [0.15, 0.2) is 17.5 Å². The van der Waals surface area contributed by atoms with Crippen molar-refractivity contribution in [2.45, 2.75) is 0 Å². The third-order valence-electron chi connectivity index (χ3n) is 10.5. The lowest BCUT2D eigenvalue weighted by Crippen LogP contribution is -2.09. The maximum Gasteiger partial charge on any atom is 0.164 e. The van der Waals surface area contributed by atoms with Crippen molar-refractivity contribution in [3.63, 3.8) is 0 Å².